The zero-order chi connectivity index (χ0) is 12.8. The third-order valence-corrected chi connectivity index (χ3v) is 2.48. The van der Waals surface area contributed by atoms with Crippen molar-refractivity contribution in [3.63, 3.8) is 0 Å². The Kier molecular flexibility index (Phi) is 7.95. The van der Waals surface area contributed by atoms with Crippen LogP contribution in [0.5, 0.6) is 5.75 Å². The Labute approximate surface area is 106 Å². The van der Waals surface area contributed by atoms with Gasteiger partial charge in [-0.1, -0.05) is 18.2 Å². The molecule has 17 heavy (non-hydrogen) atoms. The highest BCUT2D eigenvalue weighted by Crippen LogP contribution is 2.19. The van der Waals surface area contributed by atoms with E-state index in [1.807, 2.05) is 30.3 Å². The molecule has 0 aliphatic rings. The van der Waals surface area contributed by atoms with Gasteiger partial charge in [-0.3, -0.25) is 0 Å². The van der Waals surface area contributed by atoms with Crippen molar-refractivity contribution in [3.05, 3.63) is 30.3 Å². The second-order valence-corrected chi connectivity index (χ2v) is 4.64. The van der Waals surface area contributed by atoms with Gasteiger partial charge in [0, 0.05) is 0 Å². The maximum atomic E-state index is 9.10. The fourth-order valence-electron chi connectivity index (χ4n) is 0.557. The minimum atomic E-state index is -1.01. The molecule has 0 amide bonds. The Bertz CT molecular complexity index is 274. The summed E-state index contributed by atoms with van der Waals surface area (Å²) in [7, 11) is 1.66. The summed E-state index contributed by atoms with van der Waals surface area (Å²) in [6.07, 6.45) is 0. The highest BCUT2D eigenvalue weighted by molar-refractivity contribution is 5.75. The SMILES string of the molecule is B.CC(C)(O)C(C)(C)O.COc1ccccc1. The molecule has 3 nitrogen and oxygen atoms in total. The van der Waals surface area contributed by atoms with Crippen LogP contribution >= 0.6 is 0 Å². The van der Waals surface area contributed by atoms with E-state index in [0.29, 0.717) is 0 Å². The van der Waals surface area contributed by atoms with Crippen LogP contribution in [-0.4, -0.2) is 36.9 Å². The third kappa shape index (κ3) is 7.83. The van der Waals surface area contributed by atoms with E-state index in [0.717, 1.165) is 5.75 Å². The molecule has 0 heterocycles. The van der Waals surface area contributed by atoms with E-state index in [9.17, 15) is 0 Å². The van der Waals surface area contributed by atoms with Crippen LogP contribution in [0, 0.1) is 0 Å². The van der Waals surface area contributed by atoms with Gasteiger partial charge in [-0.2, -0.15) is 0 Å². The second kappa shape index (κ2) is 7.35. The van der Waals surface area contributed by atoms with Crippen molar-refractivity contribution in [1.82, 2.24) is 0 Å². The largest absolute Gasteiger partial charge is 0.497 e. The molecular formula is C13H25BO3. The van der Waals surface area contributed by atoms with Crippen LogP contribution in [0.1, 0.15) is 27.7 Å². The maximum Gasteiger partial charge on any atom is 0.118 e. The van der Waals surface area contributed by atoms with E-state index in [-0.39, 0.29) is 8.41 Å². The van der Waals surface area contributed by atoms with Gasteiger partial charge < -0.3 is 14.9 Å². The lowest BCUT2D eigenvalue weighted by Crippen LogP contribution is -2.44. The molecule has 0 saturated carbocycles. The Balaban J connectivity index is 0. The van der Waals surface area contributed by atoms with Gasteiger partial charge in [-0.25, -0.2) is 0 Å². The van der Waals surface area contributed by atoms with Crippen molar-refractivity contribution in [1.29, 1.82) is 0 Å². The predicted octanol–water partition coefficient (Wildman–Crippen LogP) is 1.04. The minimum Gasteiger partial charge on any atom is -0.497 e. The summed E-state index contributed by atoms with van der Waals surface area (Å²) in [5.74, 6) is 0.910. The number of benzene rings is 1. The van der Waals surface area contributed by atoms with Gasteiger partial charge in [-0.05, 0) is 39.8 Å². The van der Waals surface area contributed by atoms with Gasteiger partial charge in [0.15, 0.2) is 0 Å². The number of hydrogen-bond acceptors (Lipinski definition) is 3. The van der Waals surface area contributed by atoms with E-state index in [2.05, 4.69) is 0 Å². The van der Waals surface area contributed by atoms with Gasteiger partial charge in [0.05, 0.1) is 26.7 Å². The first-order valence-corrected chi connectivity index (χ1v) is 5.22. The van der Waals surface area contributed by atoms with Gasteiger partial charge in [0.2, 0.25) is 0 Å². The molecule has 1 rings (SSSR count). The van der Waals surface area contributed by atoms with Crippen LogP contribution in [0.3, 0.4) is 0 Å². The maximum absolute atomic E-state index is 9.10. The monoisotopic (exact) mass is 240 g/mol. The fourth-order valence-corrected chi connectivity index (χ4v) is 0.557. The summed E-state index contributed by atoms with van der Waals surface area (Å²) >= 11 is 0. The zero-order valence-corrected chi connectivity index (χ0v) is 10.7. The smallest absolute Gasteiger partial charge is 0.118 e. The first kappa shape index (κ1) is 18.4. The van der Waals surface area contributed by atoms with E-state index in [1.165, 1.54) is 0 Å². The third-order valence-electron chi connectivity index (χ3n) is 2.48. The molecule has 0 fully saturated rings. The summed E-state index contributed by atoms with van der Waals surface area (Å²) < 4.78 is 4.91. The molecule has 0 unspecified atom stereocenters. The van der Waals surface area contributed by atoms with E-state index >= 15 is 0 Å². The van der Waals surface area contributed by atoms with Gasteiger partial charge >= 0.3 is 0 Å². The molecule has 0 atom stereocenters. The van der Waals surface area contributed by atoms with Crippen molar-refractivity contribution in [2.45, 2.75) is 38.9 Å². The lowest BCUT2D eigenvalue weighted by molar-refractivity contribution is -0.107. The lowest BCUT2D eigenvalue weighted by atomic mass is 9.90. The first-order chi connectivity index (χ1) is 7.18. The molecule has 1 aromatic rings. The zero-order valence-electron chi connectivity index (χ0n) is 10.7. The Morgan fingerprint density at radius 1 is 0.882 bits per heavy atom. The van der Waals surface area contributed by atoms with Crippen LogP contribution in [0.25, 0.3) is 0 Å². The first-order valence-electron chi connectivity index (χ1n) is 5.22. The molecular weight excluding hydrogens is 215 g/mol. The Morgan fingerprint density at radius 2 is 1.24 bits per heavy atom. The van der Waals surface area contributed by atoms with Crippen molar-refractivity contribution in [3.8, 4) is 5.75 Å². The van der Waals surface area contributed by atoms with Crippen LogP contribution in [0.15, 0.2) is 30.3 Å². The van der Waals surface area contributed by atoms with Crippen LogP contribution in [0.2, 0.25) is 0 Å². The molecule has 0 aliphatic heterocycles. The summed E-state index contributed by atoms with van der Waals surface area (Å²) in [4.78, 5) is 0. The lowest BCUT2D eigenvalue weighted by Gasteiger charge is -2.31. The molecule has 98 valence electrons. The molecule has 4 heteroatoms. The van der Waals surface area contributed by atoms with Crippen molar-refractivity contribution in [2.24, 2.45) is 0 Å². The molecule has 0 spiro atoms. The van der Waals surface area contributed by atoms with Crippen LogP contribution in [-0.2, 0) is 0 Å². The van der Waals surface area contributed by atoms with Crippen molar-refractivity contribution in [2.75, 3.05) is 7.11 Å². The number of aliphatic hydroxyl groups is 2. The molecule has 1 aromatic carbocycles. The minimum absolute atomic E-state index is 0. The van der Waals surface area contributed by atoms with Gasteiger partial charge in [0.25, 0.3) is 0 Å². The number of methoxy groups -OCH3 is 1. The predicted molar refractivity (Wildman–Crippen MR) is 75.5 cm³/mol. The Morgan fingerprint density at radius 3 is 1.41 bits per heavy atom. The van der Waals surface area contributed by atoms with E-state index < -0.39 is 11.2 Å². The average molecular weight is 240 g/mol. The molecule has 0 radical (unpaired) electrons. The number of para-hydroxylation sites is 1. The molecule has 0 bridgehead atoms. The summed E-state index contributed by atoms with van der Waals surface area (Å²) in [6.45, 7) is 6.31. The quantitative estimate of drug-likeness (QED) is 0.759. The number of rotatable bonds is 2. The Hall–Kier alpha value is -0.995. The van der Waals surface area contributed by atoms with E-state index in [1.54, 1.807) is 34.8 Å². The van der Waals surface area contributed by atoms with Crippen LogP contribution in [0.4, 0.5) is 0 Å². The van der Waals surface area contributed by atoms with Crippen LogP contribution < -0.4 is 4.74 Å². The standard InChI is InChI=1S/C7H8O.C6H14O2.BH3/c1-8-7-5-3-2-4-6-7;1-5(2,7)6(3,4)8;/h2-6H,1H3;7-8H,1-4H3;1H3. The molecule has 0 aliphatic carbocycles. The second-order valence-electron chi connectivity index (χ2n) is 4.64. The number of ether oxygens (including phenoxy) is 1. The molecule has 0 aromatic heterocycles. The highest BCUT2D eigenvalue weighted by Gasteiger charge is 2.31. The topological polar surface area (TPSA) is 49.7 Å². The fraction of sp³-hybridized carbons (Fsp3) is 0.538. The summed E-state index contributed by atoms with van der Waals surface area (Å²) in [5.41, 5.74) is -2.01. The molecule has 0 saturated heterocycles. The van der Waals surface area contributed by atoms with E-state index in [4.69, 9.17) is 14.9 Å². The normalized spacial score (nSPS) is 10.8. The average Bonchev–Trinajstić information content (AvgIpc) is 2.17. The van der Waals surface area contributed by atoms with Gasteiger partial charge in [0.1, 0.15) is 5.75 Å². The van der Waals surface area contributed by atoms with Gasteiger partial charge in [-0.15, -0.1) is 0 Å². The van der Waals surface area contributed by atoms with Crippen molar-refractivity contribution >= 4 is 8.41 Å². The summed E-state index contributed by atoms with van der Waals surface area (Å²) in [5, 5.41) is 18.2. The number of hydrogen-bond donors (Lipinski definition) is 2. The van der Waals surface area contributed by atoms with Crippen molar-refractivity contribution < 1.29 is 14.9 Å². The molecule has 2 N–H and O–H groups in total. The highest BCUT2D eigenvalue weighted by atomic mass is 16.5. The summed E-state index contributed by atoms with van der Waals surface area (Å²) in [6, 6.07) is 9.68.